The SMILES string of the molecule is CCCn1cc(S(=O)(=O)N2CCC(NCC)CC2)nc1C. The fourth-order valence-electron chi connectivity index (χ4n) is 2.79. The first-order valence-corrected chi connectivity index (χ1v) is 9.20. The minimum atomic E-state index is -3.45. The summed E-state index contributed by atoms with van der Waals surface area (Å²) in [7, 11) is -3.45. The van der Waals surface area contributed by atoms with Gasteiger partial charge in [-0.3, -0.25) is 0 Å². The van der Waals surface area contributed by atoms with Crippen LogP contribution < -0.4 is 5.32 Å². The van der Waals surface area contributed by atoms with Gasteiger partial charge < -0.3 is 9.88 Å². The molecule has 0 amide bonds. The maximum atomic E-state index is 12.7. The van der Waals surface area contributed by atoms with Crippen LogP contribution in [-0.4, -0.2) is 48.0 Å². The molecule has 2 rings (SSSR count). The van der Waals surface area contributed by atoms with Gasteiger partial charge in [-0.2, -0.15) is 4.31 Å². The number of nitrogens with one attached hydrogen (secondary N) is 1. The second kappa shape index (κ2) is 6.89. The fourth-order valence-corrected chi connectivity index (χ4v) is 4.26. The van der Waals surface area contributed by atoms with Crippen molar-refractivity contribution in [1.82, 2.24) is 19.2 Å². The standard InChI is InChI=1S/C14H26N4O2S/c1-4-8-17-11-14(16-12(17)3)21(19,20)18-9-6-13(7-10-18)15-5-2/h11,13,15H,4-10H2,1-3H3. The van der Waals surface area contributed by atoms with E-state index in [9.17, 15) is 8.42 Å². The fraction of sp³-hybridized carbons (Fsp3) is 0.786. The number of aromatic nitrogens is 2. The quantitative estimate of drug-likeness (QED) is 0.861. The zero-order chi connectivity index (χ0) is 15.5. The molecule has 2 heterocycles. The Balaban J connectivity index is 2.10. The minimum Gasteiger partial charge on any atom is -0.334 e. The van der Waals surface area contributed by atoms with Gasteiger partial charge in [-0.05, 0) is 32.7 Å². The van der Waals surface area contributed by atoms with E-state index in [2.05, 4.69) is 24.1 Å². The van der Waals surface area contributed by atoms with Crippen molar-refractivity contribution < 1.29 is 8.42 Å². The average molecular weight is 314 g/mol. The van der Waals surface area contributed by atoms with Crippen LogP contribution in [0.5, 0.6) is 0 Å². The monoisotopic (exact) mass is 314 g/mol. The van der Waals surface area contributed by atoms with Gasteiger partial charge >= 0.3 is 0 Å². The molecular weight excluding hydrogens is 288 g/mol. The highest BCUT2D eigenvalue weighted by atomic mass is 32.2. The van der Waals surface area contributed by atoms with Crippen molar-refractivity contribution in [2.45, 2.75) is 57.6 Å². The molecule has 120 valence electrons. The van der Waals surface area contributed by atoms with E-state index in [4.69, 9.17) is 0 Å². The maximum absolute atomic E-state index is 12.7. The Hall–Kier alpha value is -0.920. The number of hydrogen-bond acceptors (Lipinski definition) is 4. The second-order valence-electron chi connectivity index (χ2n) is 5.56. The summed E-state index contributed by atoms with van der Waals surface area (Å²) in [6, 6.07) is 0.431. The van der Waals surface area contributed by atoms with E-state index in [-0.39, 0.29) is 5.03 Å². The van der Waals surface area contributed by atoms with Crippen molar-refractivity contribution in [2.24, 2.45) is 0 Å². The summed E-state index contributed by atoms with van der Waals surface area (Å²) in [5.74, 6) is 0.762. The predicted octanol–water partition coefficient (Wildman–Crippen LogP) is 1.36. The highest BCUT2D eigenvalue weighted by Gasteiger charge is 2.31. The maximum Gasteiger partial charge on any atom is 0.262 e. The van der Waals surface area contributed by atoms with Crippen LogP contribution in [-0.2, 0) is 16.6 Å². The predicted molar refractivity (Wildman–Crippen MR) is 82.7 cm³/mol. The number of piperidine rings is 1. The molecule has 0 radical (unpaired) electrons. The molecule has 6 nitrogen and oxygen atoms in total. The van der Waals surface area contributed by atoms with Crippen LogP contribution in [0.2, 0.25) is 0 Å². The molecule has 1 saturated heterocycles. The molecule has 0 atom stereocenters. The van der Waals surface area contributed by atoms with E-state index < -0.39 is 10.0 Å². The third kappa shape index (κ3) is 3.64. The summed E-state index contributed by atoms with van der Waals surface area (Å²) in [6.07, 6.45) is 4.36. The van der Waals surface area contributed by atoms with Crippen LogP contribution in [0, 0.1) is 6.92 Å². The summed E-state index contributed by atoms with van der Waals surface area (Å²) in [4.78, 5) is 4.25. The highest BCUT2D eigenvalue weighted by molar-refractivity contribution is 7.89. The van der Waals surface area contributed by atoms with Gasteiger partial charge in [-0.15, -0.1) is 0 Å². The molecule has 1 aliphatic heterocycles. The molecule has 1 aliphatic rings. The first-order valence-electron chi connectivity index (χ1n) is 7.76. The summed E-state index contributed by atoms with van der Waals surface area (Å²) < 4.78 is 28.8. The Morgan fingerprint density at radius 2 is 2.00 bits per heavy atom. The van der Waals surface area contributed by atoms with Crippen molar-refractivity contribution in [3.05, 3.63) is 12.0 Å². The van der Waals surface area contributed by atoms with Gasteiger partial charge in [0, 0.05) is 31.9 Å². The summed E-state index contributed by atoms with van der Waals surface area (Å²) in [5.41, 5.74) is 0. The molecule has 1 N–H and O–H groups in total. The van der Waals surface area contributed by atoms with Gasteiger partial charge in [-0.1, -0.05) is 13.8 Å². The van der Waals surface area contributed by atoms with E-state index in [0.717, 1.165) is 38.2 Å². The number of rotatable bonds is 6. The molecule has 0 bridgehead atoms. The molecule has 0 aromatic carbocycles. The topological polar surface area (TPSA) is 67.2 Å². The Bertz CT molecular complexity index is 560. The van der Waals surface area contributed by atoms with E-state index >= 15 is 0 Å². The molecule has 0 aliphatic carbocycles. The Kier molecular flexibility index (Phi) is 5.40. The second-order valence-corrected chi connectivity index (χ2v) is 7.44. The van der Waals surface area contributed by atoms with E-state index in [1.54, 1.807) is 10.5 Å². The van der Waals surface area contributed by atoms with Crippen molar-refractivity contribution in [2.75, 3.05) is 19.6 Å². The van der Waals surface area contributed by atoms with Gasteiger partial charge in [0.25, 0.3) is 10.0 Å². The van der Waals surface area contributed by atoms with Gasteiger partial charge in [-0.25, -0.2) is 13.4 Å². The highest BCUT2D eigenvalue weighted by Crippen LogP contribution is 2.20. The number of aryl methyl sites for hydroxylation is 2. The number of sulfonamides is 1. The van der Waals surface area contributed by atoms with Gasteiger partial charge in [0.2, 0.25) is 0 Å². The van der Waals surface area contributed by atoms with Crippen LogP contribution >= 0.6 is 0 Å². The lowest BCUT2D eigenvalue weighted by atomic mass is 10.1. The molecule has 0 saturated carbocycles. The van der Waals surface area contributed by atoms with Crippen LogP contribution in [0.15, 0.2) is 11.2 Å². The lowest BCUT2D eigenvalue weighted by Gasteiger charge is -2.30. The zero-order valence-corrected chi connectivity index (χ0v) is 14.0. The lowest BCUT2D eigenvalue weighted by Crippen LogP contribution is -2.44. The number of hydrogen-bond donors (Lipinski definition) is 1. The molecule has 1 aromatic heterocycles. The molecule has 0 unspecified atom stereocenters. The van der Waals surface area contributed by atoms with Gasteiger partial charge in [0.15, 0.2) is 5.03 Å². The van der Waals surface area contributed by atoms with Crippen LogP contribution in [0.1, 0.15) is 38.9 Å². The molecule has 7 heteroatoms. The first kappa shape index (κ1) is 16.5. The number of nitrogens with zero attached hydrogens (tertiary/aromatic N) is 3. The Morgan fingerprint density at radius 3 is 2.57 bits per heavy atom. The van der Waals surface area contributed by atoms with E-state index in [1.165, 1.54) is 0 Å². The Labute approximate surface area is 127 Å². The van der Waals surface area contributed by atoms with Gasteiger partial charge in [0.1, 0.15) is 5.82 Å². The van der Waals surface area contributed by atoms with E-state index in [1.807, 2.05) is 11.5 Å². The normalized spacial score (nSPS) is 18.2. The molecule has 1 fully saturated rings. The van der Waals surface area contributed by atoms with Crippen molar-refractivity contribution in [3.63, 3.8) is 0 Å². The third-order valence-electron chi connectivity index (χ3n) is 3.97. The molecular formula is C14H26N4O2S. The van der Waals surface area contributed by atoms with Crippen molar-refractivity contribution >= 4 is 10.0 Å². The third-order valence-corrected chi connectivity index (χ3v) is 5.74. The van der Waals surface area contributed by atoms with E-state index in [0.29, 0.717) is 19.1 Å². The van der Waals surface area contributed by atoms with Crippen molar-refractivity contribution in [3.8, 4) is 0 Å². The summed E-state index contributed by atoms with van der Waals surface area (Å²) in [5, 5.41) is 3.58. The number of imidazole rings is 1. The van der Waals surface area contributed by atoms with Crippen LogP contribution in [0.25, 0.3) is 0 Å². The Morgan fingerprint density at radius 1 is 1.33 bits per heavy atom. The zero-order valence-electron chi connectivity index (χ0n) is 13.2. The molecule has 0 spiro atoms. The summed E-state index contributed by atoms with van der Waals surface area (Å²) >= 11 is 0. The molecule has 1 aromatic rings. The average Bonchev–Trinajstić information content (AvgIpc) is 2.82. The van der Waals surface area contributed by atoms with Crippen LogP contribution in [0.4, 0.5) is 0 Å². The molecule has 21 heavy (non-hydrogen) atoms. The van der Waals surface area contributed by atoms with Gasteiger partial charge in [0.05, 0.1) is 0 Å². The smallest absolute Gasteiger partial charge is 0.262 e. The van der Waals surface area contributed by atoms with Crippen molar-refractivity contribution in [1.29, 1.82) is 0 Å². The first-order chi connectivity index (χ1) is 9.98. The minimum absolute atomic E-state index is 0.190. The lowest BCUT2D eigenvalue weighted by molar-refractivity contribution is 0.291. The largest absolute Gasteiger partial charge is 0.334 e. The summed E-state index contributed by atoms with van der Waals surface area (Å²) in [6.45, 7) is 8.87. The van der Waals surface area contributed by atoms with Crippen LogP contribution in [0.3, 0.4) is 0 Å².